The van der Waals surface area contributed by atoms with Gasteiger partial charge in [-0.2, -0.15) is 0 Å². The number of nitrogens with two attached hydrogens (primary N) is 1. The van der Waals surface area contributed by atoms with Gasteiger partial charge in [0.05, 0.1) is 9.99 Å². The van der Waals surface area contributed by atoms with E-state index in [2.05, 4.69) is 20.9 Å². The molecule has 2 rings (SSSR count). The highest BCUT2D eigenvalue weighted by Gasteiger charge is 2.10. The number of nitrogen functional groups attached to an aromatic ring is 1. The molecule has 0 spiro atoms. The first-order chi connectivity index (χ1) is 6.52. The largest absolute Gasteiger partial charge is 0.383 e. The normalized spacial score (nSPS) is 11.1. The first-order valence-corrected chi connectivity index (χ1v) is 4.79. The Labute approximate surface area is 88.3 Å². The lowest BCUT2D eigenvalue weighted by atomic mass is 10.4. The van der Waals surface area contributed by atoms with E-state index in [0.29, 0.717) is 15.9 Å². The summed E-state index contributed by atoms with van der Waals surface area (Å²) in [6, 6.07) is 1.79. The maximum atomic E-state index is 11.5. The molecular formula is C8H9BrN4O. The molecule has 0 bridgehead atoms. The molecule has 0 saturated heterocycles. The van der Waals surface area contributed by atoms with E-state index in [0.717, 1.165) is 5.52 Å². The van der Waals surface area contributed by atoms with Crippen molar-refractivity contribution in [3.05, 3.63) is 21.0 Å². The number of fused-ring (bicyclic) bond motifs is 1. The lowest BCUT2D eigenvalue weighted by molar-refractivity contribution is 0.791. The molecule has 0 atom stereocenters. The molecule has 0 aliphatic heterocycles. The lowest BCUT2D eigenvalue weighted by Gasteiger charge is -1.98. The fourth-order valence-electron chi connectivity index (χ4n) is 1.40. The number of rotatable bonds is 0. The second-order valence-corrected chi connectivity index (χ2v) is 3.95. The van der Waals surface area contributed by atoms with Crippen molar-refractivity contribution in [2.45, 2.75) is 0 Å². The Balaban J connectivity index is 3.04. The van der Waals surface area contributed by atoms with Gasteiger partial charge in [0.2, 0.25) is 0 Å². The number of aryl methyl sites for hydroxylation is 2. The minimum Gasteiger partial charge on any atom is -0.383 e. The molecule has 2 aromatic rings. The van der Waals surface area contributed by atoms with Gasteiger partial charge >= 0.3 is 5.69 Å². The van der Waals surface area contributed by atoms with E-state index in [1.54, 1.807) is 20.2 Å². The Morgan fingerprint density at radius 1 is 1.43 bits per heavy atom. The van der Waals surface area contributed by atoms with Gasteiger partial charge in [0.25, 0.3) is 0 Å². The van der Waals surface area contributed by atoms with Crippen molar-refractivity contribution in [3.63, 3.8) is 0 Å². The van der Waals surface area contributed by atoms with Gasteiger partial charge in [-0.05, 0) is 22.0 Å². The number of nitrogens with zero attached hydrogens (tertiary/aromatic N) is 3. The van der Waals surface area contributed by atoms with Crippen LogP contribution in [0.25, 0.3) is 11.2 Å². The van der Waals surface area contributed by atoms with Crippen LogP contribution in [0.1, 0.15) is 0 Å². The summed E-state index contributed by atoms with van der Waals surface area (Å²) in [7, 11) is 3.37. The van der Waals surface area contributed by atoms with Crippen molar-refractivity contribution in [2.24, 2.45) is 14.1 Å². The molecule has 5 nitrogen and oxygen atoms in total. The van der Waals surface area contributed by atoms with Crippen molar-refractivity contribution >= 4 is 32.9 Å². The first-order valence-electron chi connectivity index (χ1n) is 4.00. The predicted molar refractivity (Wildman–Crippen MR) is 58.1 cm³/mol. The van der Waals surface area contributed by atoms with Gasteiger partial charge in [-0.25, -0.2) is 9.78 Å². The third-order valence-electron chi connectivity index (χ3n) is 2.22. The SMILES string of the molecule is Cn1c(=O)n(C)c2nc(N)c(Br)cc21. The third-order valence-corrected chi connectivity index (χ3v) is 2.85. The van der Waals surface area contributed by atoms with Crippen LogP contribution in [0.2, 0.25) is 0 Å². The maximum Gasteiger partial charge on any atom is 0.329 e. The van der Waals surface area contributed by atoms with E-state index in [9.17, 15) is 4.79 Å². The summed E-state index contributed by atoms with van der Waals surface area (Å²) in [5.74, 6) is 0.388. The van der Waals surface area contributed by atoms with E-state index < -0.39 is 0 Å². The Bertz CT molecular complexity index is 521. The van der Waals surface area contributed by atoms with Crippen LogP contribution in [0.5, 0.6) is 0 Å². The van der Waals surface area contributed by atoms with Gasteiger partial charge in [0.1, 0.15) is 5.82 Å². The monoisotopic (exact) mass is 256 g/mol. The molecule has 0 radical (unpaired) electrons. The van der Waals surface area contributed by atoms with Crippen LogP contribution in [-0.4, -0.2) is 14.1 Å². The zero-order chi connectivity index (χ0) is 10.5. The summed E-state index contributed by atoms with van der Waals surface area (Å²) >= 11 is 3.27. The molecule has 6 heteroatoms. The number of anilines is 1. The Hall–Kier alpha value is -1.30. The van der Waals surface area contributed by atoms with Crippen LogP contribution in [0.15, 0.2) is 15.3 Å². The summed E-state index contributed by atoms with van der Waals surface area (Å²) in [4.78, 5) is 15.7. The molecule has 0 fully saturated rings. The zero-order valence-electron chi connectivity index (χ0n) is 7.78. The molecule has 0 aromatic carbocycles. The second-order valence-electron chi connectivity index (χ2n) is 3.10. The summed E-state index contributed by atoms with van der Waals surface area (Å²) in [5, 5.41) is 0. The van der Waals surface area contributed by atoms with Crippen molar-refractivity contribution in [1.29, 1.82) is 0 Å². The molecule has 74 valence electrons. The molecular weight excluding hydrogens is 248 g/mol. The van der Waals surface area contributed by atoms with Crippen LogP contribution >= 0.6 is 15.9 Å². The van der Waals surface area contributed by atoms with E-state index in [-0.39, 0.29) is 5.69 Å². The number of hydrogen-bond acceptors (Lipinski definition) is 3. The van der Waals surface area contributed by atoms with E-state index in [4.69, 9.17) is 5.73 Å². The first kappa shape index (κ1) is 9.26. The average molecular weight is 257 g/mol. The van der Waals surface area contributed by atoms with Gasteiger partial charge < -0.3 is 5.73 Å². The zero-order valence-corrected chi connectivity index (χ0v) is 9.37. The second kappa shape index (κ2) is 2.84. The molecule has 2 aromatic heterocycles. The Morgan fingerprint density at radius 2 is 2.07 bits per heavy atom. The average Bonchev–Trinajstić information content (AvgIpc) is 2.34. The van der Waals surface area contributed by atoms with Gasteiger partial charge in [-0.1, -0.05) is 0 Å². The maximum absolute atomic E-state index is 11.5. The van der Waals surface area contributed by atoms with Crippen LogP contribution in [0.4, 0.5) is 5.82 Å². The molecule has 0 aliphatic carbocycles. The number of imidazole rings is 1. The van der Waals surface area contributed by atoms with E-state index in [1.165, 1.54) is 9.13 Å². The molecule has 0 aliphatic rings. The quantitative estimate of drug-likeness (QED) is 0.752. The van der Waals surface area contributed by atoms with Gasteiger partial charge in [-0.15, -0.1) is 0 Å². The molecule has 0 saturated carbocycles. The topological polar surface area (TPSA) is 65.8 Å². The summed E-state index contributed by atoms with van der Waals surface area (Å²) in [5.41, 5.74) is 6.88. The highest BCUT2D eigenvalue weighted by atomic mass is 79.9. The standard InChI is InChI=1S/C8H9BrN4O/c1-12-5-3-4(9)6(10)11-7(5)13(2)8(12)14/h3H,1-2H3,(H2,10,11). The summed E-state index contributed by atoms with van der Waals surface area (Å²) in [6.07, 6.45) is 0. The van der Waals surface area contributed by atoms with Gasteiger partial charge in [-0.3, -0.25) is 9.13 Å². The predicted octanol–water partition coefficient (Wildman–Crippen LogP) is 0.617. The van der Waals surface area contributed by atoms with Crippen LogP contribution in [0, 0.1) is 0 Å². The Morgan fingerprint density at radius 3 is 2.71 bits per heavy atom. The smallest absolute Gasteiger partial charge is 0.329 e. The third kappa shape index (κ3) is 1.07. The number of aromatic nitrogens is 3. The lowest BCUT2D eigenvalue weighted by Crippen LogP contribution is -2.19. The van der Waals surface area contributed by atoms with Crippen molar-refractivity contribution in [1.82, 2.24) is 14.1 Å². The minimum atomic E-state index is -0.106. The highest BCUT2D eigenvalue weighted by molar-refractivity contribution is 9.10. The molecule has 2 heterocycles. The van der Waals surface area contributed by atoms with Crippen molar-refractivity contribution in [3.8, 4) is 0 Å². The number of hydrogen-bond donors (Lipinski definition) is 1. The van der Waals surface area contributed by atoms with E-state index >= 15 is 0 Å². The van der Waals surface area contributed by atoms with E-state index in [1.807, 2.05) is 0 Å². The van der Waals surface area contributed by atoms with Gasteiger partial charge in [0.15, 0.2) is 5.65 Å². The summed E-state index contributed by atoms with van der Waals surface area (Å²) < 4.78 is 3.70. The van der Waals surface area contributed by atoms with Crippen LogP contribution in [-0.2, 0) is 14.1 Å². The molecule has 0 unspecified atom stereocenters. The molecule has 0 amide bonds. The summed E-state index contributed by atoms with van der Waals surface area (Å²) in [6.45, 7) is 0. The van der Waals surface area contributed by atoms with Gasteiger partial charge in [0, 0.05) is 14.1 Å². The molecule has 14 heavy (non-hydrogen) atoms. The fraction of sp³-hybridized carbons (Fsp3) is 0.250. The minimum absolute atomic E-state index is 0.106. The Kier molecular flexibility index (Phi) is 1.88. The number of halogens is 1. The highest BCUT2D eigenvalue weighted by Crippen LogP contribution is 2.21. The van der Waals surface area contributed by atoms with Crippen molar-refractivity contribution in [2.75, 3.05) is 5.73 Å². The molecule has 2 N–H and O–H groups in total. The van der Waals surface area contributed by atoms with Crippen LogP contribution in [0.3, 0.4) is 0 Å². The van der Waals surface area contributed by atoms with Crippen LogP contribution < -0.4 is 11.4 Å². The number of pyridine rings is 1. The van der Waals surface area contributed by atoms with Crippen molar-refractivity contribution < 1.29 is 0 Å². The fourth-order valence-corrected chi connectivity index (χ4v) is 1.70.